The Morgan fingerprint density at radius 3 is 2.20 bits per heavy atom. The number of hydrogen-bond donors (Lipinski definition) is 0. The molecule has 0 heterocycles. The molecule has 0 spiro atoms. The van der Waals surface area contributed by atoms with Gasteiger partial charge in [0.2, 0.25) is 0 Å². The first-order valence-corrected chi connectivity index (χ1v) is 4.80. The van der Waals surface area contributed by atoms with E-state index in [0.29, 0.717) is 0 Å². The van der Waals surface area contributed by atoms with E-state index in [1.807, 2.05) is 11.8 Å². The molecule has 3 heteroatoms. The van der Waals surface area contributed by atoms with Crippen molar-refractivity contribution in [3.8, 4) is 0 Å². The third-order valence-corrected chi connectivity index (χ3v) is 2.56. The van der Waals surface area contributed by atoms with Gasteiger partial charge < -0.3 is 0 Å². The highest BCUT2D eigenvalue weighted by Gasteiger charge is 1.97. The predicted octanol–water partition coefficient (Wildman–Crippen LogP) is 1.50. The van der Waals surface area contributed by atoms with E-state index in [0.717, 1.165) is 5.88 Å². The lowest BCUT2D eigenvalue weighted by atomic mass is 10.6. The van der Waals surface area contributed by atoms with Crippen LogP contribution in [0.3, 0.4) is 0 Å². The van der Waals surface area contributed by atoms with Gasteiger partial charge in [0.1, 0.15) is 0 Å². The van der Waals surface area contributed by atoms with E-state index in [1.54, 1.807) is 0 Å². The molecular weight excluding hydrogens is 144 g/mol. The second-order valence-corrected chi connectivity index (χ2v) is 3.62. The van der Waals surface area contributed by atoms with E-state index < -0.39 is 0 Å². The summed E-state index contributed by atoms with van der Waals surface area (Å²) in [4.78, 5) is 0. The molecule has 10 heavy (non-hydrogen) atoms. The third kappa shape index (κ3) is 5.09. The van der Waals surface area contributed by atoms with Crippen molar-refractivity contribution in [3.63, 3.8) is 0 Å². The fourth-order valence-electron chi connectivity index (χ4n) is 0.456. The first-order valence-electron chi connectivity index (χ1n) is 3.64. The molecule has 0 amide bonds. The summed E-state index contributed by atoms with van der Waals surface area (Å²) in [6.07, 6.45) is 1.27. The fourth-order valence-corrected chi connectivity index (χ4v) is 1.37. The summed E-state index contributed by atoms with van der Waals surface area (Å²) >= 11 is 1.97. The highest BCUT2D eigenvalue weighted by molar-refractivity contribution is 7.99. The molecule has 62 valence electrons. The van der Waals surface area contributed by atoms with Gasteiger partial charge in [-0.2, -0.15) is 0 Å². The molecule has 0 saturated carbocycles. The summed E-state index contributed by atoms with van der Waals surface area (Å²) < 4.78 is 0. The van der Waals surface area contributed by atoms with Crippen LogP contribution in [0.1, 0.15) is 13.3 Å². The molecule has 0 aromatic carbocycles. The Morgan fingerprint density at radius 1 is 1.20 bits per heavy atom. The molecular formula is C7H18N2S. The maximum Gasteiger partial charge on any atom is 0.0586 e. The van der Waals surface area contributed by atoms with Gasteiger partial charge in [-0.25, -0.2) is 10.0 Å². The molecule has 0 aromatic heterocycles. The highest BCUT2D eigenvalue weighted by atomic mass is 32.2. The summed E-state index contributed by atoms with van der Waals surface area (Å²) in [6.45, 7) is 2.21. The fraction of sp³-hybridized carbons (Fsp3) is 1.00. The molecule has 0 saturated heterocycles. The van der Waals surface area contributed by atoms with Crippen molar-refractivity contribution >= 4 is 11.8 Å². The Labute approximate surface area is 68.5 Å². The van der Waals surface area contributed by atoms with Crippen molar-refractivity contribution in [1.82, 2.24) is 10.0 Å². The van der Waals surface area contributed by atoms with Gasteiger partial charge in [0, 0.05) is 21.1 Å². The quantitative estimate of drug-likeness (QED) is 0.343. The van der Waals surface area contributed by atoms with Crippen LogP contribution in [-0.2, 0) is 0 Å². The summed E-state index contributed by atoms with van der Waals surface area (Å²) in [7, 11) is 6.22. The molecule has 0 aliphatic carbocycles. The minimum Gasteiger partial charge on any atom is -0.247 e. The smallest absolute Gasteiger partial charge is 0.0586 e. The van der Waals surface area contributed by atoms with Crippen LogP contribution in [0.5, 0.6) is 0 Å². The molecule has 0 fully saturated rings. The van der Waals surface area contributed by atoms with Gasteiger partial charge in [-0.1, -0.05) is 6.92 Å². The number of nitrogens with zero attached hydrogens (tertiary/aromatic N) is 2. The Kier molecular flexibility index (Phi) is 6.17. The van der Waals surface area contributed by atoms with Gasteiger partial charge in [-0.05, 0) is 12.2 Å². The van der Waals surface area contributed by atoms with E-state index in [4.69, 9.17) is 0 Å². The van der Waals surface area contributed by atoms with Gasteiger partial charge >= 0.3 is 0 Å². The van der Waals surface area contributed by atoms with Crippen LogP contribution in [0.2, 0.25) is 0 Å². The second-order valence-electron chi connectivity index (χ2n) is 2.54. The van der Waals surface area contributed by atoms with Gasteiger partial charge in [-0.15, -0.1) is 11.8 Å². The van der Waals surface area contributed by atoms with Gasteiger partial charge in [-0.3, -0.25) is 0 Å². The zero-order valence-corrected chi connectivity index (χ0v) is 8.24. The first-order chi connectivity index (χ1) is 4.68. The zero-order valence-electron chi connectivity index (χ0n) is 7.42. The monoisotopic (exact) mass is 162 g/mol. The summed E-state index contributed by atoms with van der Waals surface area (Å²) in [5.41, 5.74) is 0. The summed E-state index contributed by atoms with van der Waals surface area (Å²) in [5.74, 6) is 2.36. The summed E-state index contributed by atoms with van der Waals surface area (Å²) in [5, 5.41) is 4.29. The molecule has 0 aliphatic rings. The number of rotatable bonds is 5. The lowest BCUT2D eigenvalue weighted by molar-refractivity contribution is 0.0812. The molecule has 2 nitrogen and oxygen atoms in total. The van der Waals surface area contributed by atoms with Crippen LogP contribution in [0.25, 0.3) is 0 Å². The molecule has 0 aliphatic heterocycles. The molecule has 0 aromatic rings. The first kappa shape index (κ1) is 10.3. The van der Waals surface area contributed by atoms with Crippen LogP contribution in [0.4, 0.5) is 0 Å². The largest absolute Gasteiger partial charge is 0.247 e. The van der Waals surface area contributed by atoms with E-state index in [2.05, 4.69) is 38.1 Å². The number of hydrazine groups is 1. The van der Waals surface area contributed by atoms with Crippen molar-refractivity contribution in [2.75, 3.05) is 32.8 Å². The zero-order chi connectivity index (χ0) is 7.98. The lowest BCUT2D eigenvalue weighted by Gasteiger charge is -2.23. The van der Waals surface area contributed by atoms with E-state index in [1.165, 1.54) is 12.2 Å². The van der Waals surface area contributed by atoms with Crippen molar-refractivity contribution < 1.29 is 0 Å². The number of hydrogen-bond acceptors (Lipinski definition) is 3. The van der Waals surface area contributed by atoms with Crippen LogP contribution >= 0.6 is 11.8 Å². The van der Waals surface area contributed by atoms with Crippen LogP contribution in [0.15, 0.2) is 0 Å². The SMILES string of the molecule is CCCSCN(C)N(C)C. The topological polar surface area (TPSA) is 6.48 Å². The second kappa shape index (κ2) is 6.01. The average Bonchev–Trinajstić information content (AvgIpc) is 1.88. The van der Waals surface area contributed by atoms with E-state index in [-0.39, 0.29) is 0 Å². The Morgan fingerprint density at radius 2 is 1.80 bits per heavy atom. The Balaban J connectivity index is 3.13. The van der Waals surface area contributed by atoms with Crippen molar-refractivity contribution in [2.45, 2.75) is 13.3 Å². The van der Waals surface area contributed by atoms with Crippen LogP contribution < -0.4 is 0 Å². The minimum atomic E-state index is 1.10. The van der Waals surface area contributed by atoms with E-state index >= 15 is 0 Å². The van der Waals surface area contributed by atoms with E-state index in [9.17, 15) is 0 Å². The normalized spacial score (nSPS) is 11.4. The Hall–Kier alpha value is 0.270. The lowest BCUT2D eigenvalue weighted by Crippen LogP contribution is -2.32. The molecule has 0 N–H and O–H groups in total. The van der Waals surface area contributed by atoms with Gasteiger partial charge in [0.05, 0.1) is 5.88 Å². The van der Waals surface area contributed by atoms with Crippen molar-refractivity contribution in [2.24, 2.45) is 0 Å². The van der Waals surface area contributed by atoms with Gasteiger partial charge in [0.15, 0.2) is 0 Å². The maximum absolute atomic E-state index is 2.21. The Bertz CT molecular complexity index is 76.0. The average molecular weight is 162 g/mol. The van der Waals surface area contributed by atoms with Crippen molar-refractivity contribution in [1.29, 1.82) is 0 Å². The molecule has 0 unspecified atom stereocenters. The minimum absolute atomic E-state index is 1.10. The molecule has 0 bridgehead atoms. The molecule has 0 atom stereocenters. The predicted molar refractivity (Wildman–Crippen MR) is 49.1 cm³/mol. The molecule has 0 rings (SSSR count). The van der Waals surface area contributed by atoms with Gasteiger partial charge in [0.25, 0.3) is 0 Å². The summed E-state index contributed by atoms with van der Waals surface area (Å²) in [6, 6.07) is 0. The van der Waals surface area contributed by atoms with Crippen LogP contribution in [0, 0.1) is 0 Å². The standard InChI is InChI=1S/C7H18N2S/c1-5-6-10-7-9(4)8(2)3/h5-7H2,1-4H3. The maximum atomic E-state index is 2.21. The molecule has 0 radical (unpaired) electrons. The third-order valence-electron chi connectivity index (χ3n) is 1.31. The van der Waals surface area contributed by atoms with Crippen LogP contribution in [-0.4, -0.2) is 42.8 Å². The van der Waals surface area contributed by atoms with Crippen molar-refractivity contribution in [3.05, 3.63) is 0 Å². The highest BCUT2D eigenvalue weighted by Crippen LogP contribution is 2.03. The number of thioether (sulfide) groups is 1.